The third kappa shape index (κ3) is 4.51. The summed E-state index contributed by atoms with van der Waals surface area (Å²) in [5, 5.41) is 21.1. The molecule has 1 aliphatic rings. The van der Waals surface area contributed by atoms with Crippen molar-refractivity contribution in [2.24, 2.45) is 0 Å². The molecule has 1 heterocycles. The molecule has 1 saturated heterocycles. The van der Waals surface area contributed by atoms with Crippen LogP contribution in [0.25, 0.3) is 0 Å². The Morgan fingerprint density at radius 3 is 2.57 bits per heavy atom. The van der Waals surface area contributed by atoms with Gasteiger partial charge in [0.15, 0.2) is 11.5 Å². The number of nitro benzene ring substituents is 1. The molecule has 1 aliphatic heterocycles. The molecule has 0 spiro atoms. The van der Waals surface area contributed by atoms with Crippen molar-refractivity contribution in [1.82, 2.24) is 4.90 Å². The van der Waals surface area contributed by atoms with Crippen LogP contribution in [0.15, 0.2) is 42.5 Å². The minimum absolute atomic E-state index is 0.123. The lowest BCUT2D eigenvalue weighted by atomic mass is 10.00. The number of hydrogen-bond acceptors (Lipinski definition) is 6. The number of carbonyl (C=O) groups is 2. The van der Waals surface area contributed by atoms with E-state index in [2.05, 4.69) is 0 Å². The second-order valence-corrected chi connectivity index (χ2v) is 6.90. The van der Waals surface area contributed by atoms with Gasteiger partial charge in [-0.2, -0.15) is 0 Å². The lowest BCUT2D eigenvalue weighted by molar-refractivity contribution is -0.385. The van der Waals surface area contributed by atoms with E-state index in [1.54, 1.807) is 0 Å². The number of hydrogen-bond donors (Lipinski definition) is 1. The van der Waals surface area contributed by atoms with Gasteiger partial charge in [-0.1, -0.05) is 30.3 Å². The maximum Gasteiger partial charge on any atom is 0.326 e. The number of benzene rings is 2. The van der Waals surface area contributed by atoms with E-state index in [-0.39, 0.29) is 30.2 Å². The molecule has 1 amide bonds. The van der Waals surface area contributed by atoms with E-state index in [1.165, 1.54) is 18.1 Å². The average molecular weight is 414 g/mol. The first-order valence-electron chi connectivity index (χ1n) is 9.49. The summed E-state index contributed by atoms with van der Waals surface area (Å²) in [7, 11) is 1.37. The lowest BCUT2D eigenvalue weighted by Gasteiger charge is -2.33. The quantitative estimate of drug-likeness (QED) is 0.545. The molecule has 0 bridgehead atoms. The summed E-state index contributed by atoms with van der Waals surface area (Å²) in [6, 6.07) is 10.6. The molecule has 0 radical (unpaired) electrons. The first-order chi connectivity index (χ1) is 14.4. The molecule has 158 valence electrons. The third-order valence-corrected chi connectivity index (χ3v) is 4.99. The second kappa shape index (κ2) is 9.25. The van der Waals surface area contributed by atoms with Crippen molar-refractivity contribution in [2.75, 3.05) is 13.7 Å². The normalized spacial score (nSPS) is 16.0. The first kappa shape index (κ1) is 21.1. The lowest BCUT2D eigenvalue weighted by Crippen LogP contribution is -2.48. The number of nitro groups is 1. The molecule has 30 heavy (non-hydrogen) atoms. The van der Waals surface area contributed by atoms with Crippen LogP contribution in [0, 0.1) is 10.1 Å². The van der Waals surface area contributed by atoms with Gasteiger partial charge in [-0.25, -0.2) is 4.79 Å². The Labute approximate surface area is 173 Å². The summed E-state index contributed by atoms with van der Waals surface area (Å²) < 4.78 is 11.0. The summed E-state index contributed by atoms with van der Waals surface area (Å²) in [5.74, 6) is -1.55. The van der Waals surface area contributed by atoms with E-state index < -0.39 is 28.5 Å². The Hall–Kier alpha value is -3.62. The van der Waals surface area contributed by atoms with Crippen molar-refractivity contribution >= 4 is 17.6 Å². The molecule has 1 unspecified atom stereocenters. The van der Waals surface area contributed by atoms with Gasteiger partial charge < -0.3 is 19.5 Å². The number of methoxy groups -OCH3 is 1. The molecule has 9 heteroatoms. The first-order valence-corrected chi connectivity index (χ1v) is 9.49. The maximum atomic E-state index is 13.1. The highest BCUT2D eigenvalue weighted by Crippen LogP contribution is 2.36. The summed E-state index contributed by atoms with van der Waals surface area (Å²) in [5.41, 5.74) is 0.176. The number of piperidine rings is 1. The zero-order chi connectivity index (χ0) is 21.7. The Bertz CT molecular complexity index is 946. The molecule has 0 aliphatic carbocycles. The second-order valence-electron chi connectivity index (χ2n) is 6.90. The van der Waals surface area contributed by atoms with E-state index in [0.717, 1.165) is 11.6 Å². The van der Waals surface area contributed by atoms with Crippen LogP contribution in [0.2, 0.25) is 0 Å². The summed E-state index contributed by atoms with van der Waals surface area (Å²) in [6.07, 6.45) is 1.63. The fraction of sp³-hybridized carbons (Fsp3) is 0.333. The van der Waals surface area contributed by atoms with Crippen LogP contribution in [0.4, 0.5) is 5.69 Å². The van der Waals surface area contributed by atoms with Gasteiger partial charge in [0.25, 0.3) is 11.6 Å². The zero-order valence-electron chi connectivity index (χ0n) is 16.4. The van der Waals surface area contributed by atoms with Crippen molar-refractivity contribution in [3.05, 3.63) is 63.7 Å². The van der Waals surface area contributed by atoms with Crippen LogP contribution >= 0.6 is 0 Å². The van der Waals surface area contributed by atoms with Crippen LogP contribution in [0.1, 0.15) is 35.2 Å². The summed E-state index contributed by atoms with van der Waals surface area (Å²) in [4.78, 5) is 36.8. The number of rotatable bonds is 7. The van der Waals surface area contributed by atoms with Gasteiger partial charge in [-0.3, -0.25) is 14.9 Å². The topological polar surface area (TPSA) is 119 Å². The Balaban J connectivity index is 1.95. The van der Waals surface area contributed by atoms with Gasteiger partial charge in [0.2, 0.25) is 0 Å². The number of ether oxygens (including phenoxy) is 2. The van der Waals surface area contributed by atoms with Crippen molar-refractivity contribution in [3.63, 3.8) is 0 Å². The van der Waals surface area contributed by atoms with E-state index in [9.17, 15) is 24.8 Å². The van der Waals surface area contributed by atoms with Gasteiger partial charge in [-0.05, 0) is 24.8 Å². The third-order valence-electron chi connectivity index (χ3n) is 4.99. The van der Waals surface area contributed by atoms with Crippen molar-refractivity contribution in [3.8, 4) is 11.5 Å². The van der Waals surface area contributed by atoms with E-state index >= 15 is 0 Å². The molecule has 1 fully saturated rings. The van der Waals surface area contributed by atoms with Gasteiger partial charge in [0, 0.05) is 12.6 Å². The van der Waals surface area contributed by atoms with Crippen molar-refractivity contribution in [1.29, 1.82) is 0 Å². The molecule has 3 rings (SSSR count). The van der Waals surface area contributed by atoms with E-state index in [4.69, 9.17) is 9.47 Å². The maximum absolute atomic E-state index is 13.1. The van der Waals surface area contributed by atoms with Gasteiger partial charge >= 0.3 is 5.97 Å². The van der Waals surface area contributed by atoms with E-state index in [0.29, 0.717) is 19.3 Å². The molecule has 1 N–H and O–H groups in total. The van der Waals surface area contributed by atoms with Crippen LogP contribution in [-0.4, -0.2) is 46.5 Å². The van der Waals surface area contributed by atoms with Gasteiger partial charge in [-0.15, -0.1) is 0 Å². The highest BCUT2D eigenvalue weighted by Gasteiger charge is 2.36. The molecule has 1 atom stereocenters. The Morgan fingerprint density at radius 1 is 1.20 bits per heavy atom. The molecule has 2 aromatic carbocycles. The molecular formula is C21H22N2O7. The smallest absolute Gasteiger partial charge is 0.326 e. The minimum Gasteiger partial charge on any atom is -0.493 e. The number of aliphatic carboxylic acids is 1. The molecule has 0 aromatic heterocycles. The average Bonchev–Trinajstić information content (AvgIpc) is 2.77. The molecule has 2 aromatic rings. The predicted molar refractivity (Wildman–Crippen MR) is 107 cm³/mol. The van der Waals surface area contributed by atoms with E-state index in [1.807, 2.05) is 30.3 Å². The SMILES string of the molecule is COc1cc(C(=O)N2CCCCC2C(=O)O)c([N+](=O)[O-])cc1OCc1ccccc1. The number of carboxylic acid groups (broad SMARTS) is 1. The standard InChI is InChI=1S/C21H22N2O7/c1-29-18-11-15(20(24)22-10-6-5-9-16(22)21(25)26)17(23(27)28)12-19(18)30-13-14-7-3-2-4-8-14/h2-4,7-8,11-12,16H,5-6,9-10,13H2,1H3,(H,25,26). The number of amides is 1. The van der Waals surface area contributed by atoms with Gasteiger partial charge in [0.1, 0.15) is 18.2 Å². The molecule has 0 saturated carbocycles. The molecular weight excluding hydrogens is 392 g/mol. The number of carboxylic acids is 1. The van der Waals surface area contributed by atoms with Crippen LogP contribution < -0.4 is 9.47 Å². The zero-order valence-corrected chi connectivity index (χ0v) is 16.4. The number of carbonyl (C=O) groups excluding carboxylic acids is 1. The monoisotopic (exact) mass is 414 g/mol. The van der Waals surface area contributed by atoms with Crippen molar-refractivity contribution < 1.29 is 29.1 Å². The predicted octanol–water partition coefficient (Wildman–Crippen LogP) is 3.26. The van der Waals surface area contributed by atoms with Crippen LogP contribution in [-0.2, 0) is 11.4 Å². The van der Waals surface area contributed by atoms with Crippen LogP contribution in [0.3, 0.4) is 0 Å². The fourth-order valence-corrected chi connectivity index (χ4v) is 3.47. The summed E-state index contributed by atoms with van der Waals surface area (Å²) >= 11 is 0. The van der Waals surface area contributed by atoms with Gasteiger partial charge in [0.05, 0.1) is 18.1 Å². The minimum atomic E-state index is -1.12. The largest absolute Gasteiger partial charge is 0.493 e. The summed E-state index contributed by atoms with van der Waals surface area (Å²) in [6.45, 7) is 0.385. The molecule has 9 nitrogen and oxygen atoms in total. The number of likely N-dealkylation sites (tertiary alicyclic amines) is 1. The Morgan fingerprint density at radius 2 is 1.93 bits per heavy atom. The Kier molecular flexibility index (Phi) is 6.51. The highest BCUT2D eigenvalue weighted by molar-refractivity contribution is 6.01. The number of nitrogens with zero attached hydrogens (tertiary/aromatic N) is 2. The van der Waals surface area contributed by atoms with Crippen LogP contribution in [0.5, 0.6) is 11.5 Å². The van der Waals surface area contributed by atoms with Crippen molar-refractivity contribution in [2.45, 2.75) is 31.9 Å². The highest BCUT2D eigenvalue weighted by atomic mass is 16.6. The fourth-order valence-electron chi connectivity index (χ4n) is 3.47.